The van der Waals surface area contributed by atoms with Gasteiger partial charge in [-0.25, -0.2) is 9.18 Å². The van der Waals surface area contributed by atoms with Crippen LogP contribution in [0, 0.1) is 0 Å². The highest BCUT2D eigenvalue weighted by atomic mass is 35.5. The van der Waals surface area contributed by atoms with E-state index in [1.54, 1.807) is 31.9 Å². The number of hydrogen-bond donors (Lipinski definition) is 0. The zero-order valence-electron chi connectivity index (χ0n) is 16.2. The molecule has 0 bridgehead atoms. The van der Waals surface area contributed by atoms with E-state index in [0.717, 1.165) is 17.4 Å². The third kappa shape index (κ3) is 5.52. The van der Waals surface area contributed by atoms with Gasteiger partial charge < -0.3 is 9.64 Å². The smallest absolute Gasteiger partial charge is 0.339 e. The molecular formula is C19H27ClFN2O2P. The maximum Gasteiger partial charge on any atom is 0.339 e. The first-order valence-electron chi connectivity index (χ1n) is 8.47. The Bertz CT molecular complexity index is 727. The van der Waals surface area contributed by atoms with Crippen LogP contribution < -0.4 is 5.30 Å². The summed E-state index contributed by atoms with van der Waals surface area (Å²) in [5.74, 6) is -0.419. The van der Waals surface area contributed by atoms with E-state index >= 15 is 0 Å². The zero-order chi connectivity index (χ0) is 20.1. The van der Waals surface area contributed by atoms with E-state index in [2.05, 4.69) is 14.2 Å². The molecule has 26 heavy (non-hydrogen) atoms. The molecular weight excluding hydrogens is 374 g/mol. The van der Waals surface area contributed by atoms with E-state index in [0.29, 0.717) is 28.6 Å². The van der Waals surface area contributed by atoms with Crippen molar-refractivity contribution in [3.63, 3.8) is 0 Å². The van der Waals surface area contributed by atoms with E-state index in [1.165, 1.54) is 20.0 Å². The summed E-state index contributed by atoms with van der Waals surface area (Å²) < 4.78 is 19.3. The third-order valence-corrected chi connectivity index (χ3v) is 4.90. The first-order chi connectivity index (χ1) is 12.0. The molecule has 0 spiro atoms. The molecule has 0 saturated heterocycles. The van der Waals surface area contributed by atoms with Gasteiger partial charge in [-0.05, 0) is 51.1 Å². The molecule has 0 saturated carbocycles. The first-order valence-corrected chi connectivity index (χ1v) is 9.42. The molecule has 0 fully saturated rings. The SMILES string of the molecule is CC/C=C(/c1ncc(C(=O)OCC)cc1P)N(C)/C(Cl)=C(\C)C(C)(C)F. The molecule has 0 N–H and O–H groups in total. The van der Waals surface area contributed by atoms with Gasteiger partial charge in [-0.1, -0.05) is 24.6 Å². The highest BCUT2D eigenvalue weighted by Gasteiger charge is 2.25. The van der Waals surface area contributed by atoms with Gasteiger partial charge in [0.05, 0.1) is 23.6 Å². The van der Waals surface area contributed by atoms with E-state index < -0.39 is 11.6 Å². The van der Waals surface area contributed by atoms with Gasteiger partial charge in [0.1, 0.15) is 10.8 Å². The van der Waals surface area contributed by atoms with Crippen LogP contribution in [0.5, 0.6) is 0 Å². The molecule has 144 valence electrons. The van der Waals surface area contributed by atoms with E-state index in [-0.39, 0.29) is 0 Å². The number of ether oxygens (including phenoxy) is 1. The second-order valence-electron chi connectivity index (χ2n) is 6.33. The predicted molar refractivity (Wildman–Crippen MR) is 109 cm³/mol. The lowest BCUT2D eigenvalue weighted by molar-refractivity contribution is 0.0526. The monoisotopic (exact) mass is 400 g/mol. The van der Waals surface area contributed by atoms with Gasteiger partial charge in [-0.3, -0.25) is 4.98 Å². The van der Waals surface area contributed by atoms with Crippen molar-refractivity contribution in [3.8, 4) is 0 Å². The second kappa shape index (κ2) is 9.48. The molecule has 0 aliphatic carbocycles. The lowest BCUT2D eigenvalue weighted by Gasteiger charge is -2.27. The Balaban J connectivity index is 3.35. The Labute approximate surface area is 162 Å². The minimum atomic E-state index is -1.53. The molecule has 1 rings (SSSR count). The summed E-state index contributed by atoms with van der Waals surface area (Å²) in [5, 5.41) is 1.03. The van der Waals surface area contributed by atoms with Gasteiger partial charge in [-0.2, -0.15) is 0 Å². The Morgan fingerprint density at radius 1 is 1.46 bits per heavy atom. The highest BCUT2D eigenvalue weighted by Crippen LogP contribution is 2.31. The summed E-state index contributed by atoms with van der Waals surface area (Å²) in [6, 6.07) is 1.70. The molecule has 1 heterocycles. The Hall–Kier alpha value is -1.45. The molecule has 1 atom stereocenters. The standard InChI is InChI=1S/C19H27ClFN2O2P/c1-7-9-14(23(6)17(20)12(3)19(4,5)21)16-15(26)10-13(11-22-16)18(24)25-8-2/h9-11H,7-8,26H2,1-6H3/b14-9-,17-12+. The predicted octanol–water partition coefficient (Wildman–Crippen LogP) is 4.66. The number of rotatable bonds is 7. The minimum absolute atomic E-state index is 0.301. The van der Waals surface area contributed by atoms with Crippen LogP contribution >= 0.6 is 20.8 Å². The summed E-state index contributed by atoms with van der Waals surface area (Å²) in [5.41, 5.74) is 0.656. The van der Waals surface area contributed by atoms with Gasteiger partial charge in [0.2, 0.25) is 0 Å². The highest BCUT2D eigenvalue weighted by molar-refractivity contribution is 7.27. The first kappa shape index (κ1) is 22.6. The maximum atomic E-state index is 14.3. The summed E-state index contributed by atoms with van der Waals surface area (Å²) in [7, 11) is 4.34. The Morgan fingerprint density at radius 2 is 2.08 bits per heavy atom. The average molecular weight is 401 g/mol. The van der Waals surface area contributed by atoms with Gasteiger partial charge in [0, 0.05) is 13.2 Å². The fourth-order valence-electron chi connectivity index (χ4n) is 2.21. The summed E-state index contributed by atoms with van der Waals surface area (Å²) in [6.07, 6.45) is 4.18. The van der Waals surface area contributed by atoms with Crippen molar-refractivity contribution >= 4 is 37.8 Å². The molecule has 0 radical (unpaired) electrons. The number of pyridine rings is 1. The number of esters is 1. The van der Waals surface area contributed by atoms with E-state index in [1.807, 2.05) is 13.0 Å². The van der Waals surface area contributed by atoms with E-state index in [9.17, 15) is 9.18 Å². The number of aromatic nitrogens is 1. The van der Waals surface area contributed by atoms with Gasteiger partial charge in [0.25, 0.3) is 0 Å². The van der Waals surface area contributed by atoms with E-state index in [4.69, 9.17) is 16.3 Å². The van der Waals surface area contributed by atoms with Crippen LogP contribution in [-0.4, -0.2) is 35.2 Å². The Morgan fingerprint density at radius 3 is 2.54 bits per heavy atom. The van der Waals surface area contributed by atoms with Crippen molar-refractivity contribution in [2.45, 2.75) is 46.7 Å². The molecule has 0 aliphatic heterocycles. The van der Waals surface area contributed by atoms with Crippen LogP contribution in [0.3, 0.4) is 0 Å². The molecule has 0 aromatic carbocycles. The quantitative estimate of drug-likeness (QED) is 0.379. The molecule has 0 aliphatic rings. The summed E-state index contributed by atoms with van der Waals surface area (Å²) in [6.45, 7) is 8.65. The van der Waals surface area contributed by atoms with Crippen molar-refractivity contribution in [3.05, 3.63) is 40.3 Å². The van der Waals surface area contributed by atoms with Crippen LogP contribution in [0.1, 0.15) is 57.1 Å². The van der Waals surface area contributed by atoms with Crippen molar-refractivity contribution in [1.29, 1.82) is 0 Å². The zero-order valence-corrected chi connectivity index (χ0v) is 18.1. The molecule has 4 nitrogen and oxygen atoms in total. The van der Waals surface area contributed by atoms with Crippen molar-refractivity contribution in [2.75, 3.05) is 13.7 Å². The van der Waals surface area contributed by atoms with Gasteiger partial charge in [0.15, 0.2) is 0 Å². The number of hydrogen-bond acceptors (Lipinski definition) is 4. The van der Waals surface area contributed by atoms with Crippen molar-refractivity contribution < 1.29 is 13.9 Å². The third-order valence-electron chi connectivity index (χ3n) is 3.93. The molecule has 7 heteroatoms. The Kier molecular flexibility index (Phi) is 8.23. The largest absolute Gasteiger partial charge is 0.462 e. The van der Waals surface area contributed by atoms with Gasteiger partial charge in [-0.15, -0.1) is 9.24 Å². The topological polar surface area (TPSA) is 42.4 Å². The molecule has 0 amide bonds. The second-order valence-corrected chi connectivity index (χ2v) is 7.31. The van der Waals surface area contributed by atoms with Crippen LogP contribution in [0.2, 0.25) is 0 Å². The van der Waals surface area contributed by atoms with Gasteiger partial charge >= 0.3 is 5.97 Å². The minimum Gasteiger partial charge on any atom is -0.462 e. The molecule has 1 aromatic rings. The number of nitrogens with zero attached hydrogens (tertiary/aromatic N) is 2. The normalized spacial score (nSPS) is 13.3. The lowest BCUT2D eigenvalue weighted by Crippen LogP contribution is -2.24. The van der Waals surface area contributed by atoms with Crippen LogP contribution in [0.15, 0.2) is 29.1 Å². The fraction of sp³-hybridized carbons (Fsp3) is 0.474. The number of carbonyl (C=O) groups excluding carboxylic acids is 1. The maximum absolute atomic E-state index is 14.3. The summed E-state index contributed by atoms with van der Waals surface area (Å²) in [4.78, 5) is 18.0. The van der Waals surface area contributed by atoms with Crippen molar-refractivity contribution in [2.24, 2.45) is 0 Å². The average Bonchev–Trinajstić information content (AvgIpc) is 2.57. The number of allylic oxidation sites excluding steroid dienone is 2. The summed E-state index contributed by atoms with van der Waals surface area (Å²) >= 11 is 6.44. The molecule has 1 aromatic heterocycles. The van der Waals surface area contributed by atoms with Crippen LogP contribution in [0.4, 0.5) is 4.39 Å². The van der Waals surface area contributed by atoms with Crippen LogP contribution in [-0.2, 0) is 4.74 Å². The lowest BCUT2D eigenvalue weighted by atomic mass is 10.0. The fourth-order valence-corrected chi connectivity index (χ4v) is 2.93. The van der Waals surface area contributed by atoms with Crippen LogP contribution in [0.25, 0.3) is 5.70 Å². The number of alkyl halides is 1. The van der Waals surface area contributed by atoms with Crippen molar-refractivity contribution in [1.82, 2.24) is 9.88 Å². The number of halogens is 2. The molecule has 1 unspecified atom stereocenters. The number of carbonyl (C=O) groups is 1.